The largest absolute Gasteiger partial charge is 0.494 e. The molecule has 1 fully saturated rings. The van der Waals surface area contributed by atoms with Crippen molar-refractivity contribution in [2.24, 2.45) is 5.92 Å². The smallest absolute Gasteiger partial charge is 0.317 e. The van der Waals surface area contributed by atoms with E-state index < -0.39 is 6.10 Å². The third kappa shape index (κ3) is 4.63. The highest BCUT2D eigenvalue weighted by Gasteiger charge is 2.31. The highest BCUT2D eigenvalue weighted by Crippen LogP contribution is 2.32. The van der Waals surface area contributed by atoms with Crippen molar-refractivity contribution in [3.63, 3.8) is 0 Å². The lowest BCUT2D eigenvalue weighted by molar-refractivity contribution is 0.113. The van der Waals surface area contributed by atoms with Crippen LogP contribution in [0.3, 0.4) is 0 Å². The molecule has 0 spiro atoms. The third-order valence-corrected chi connectivity index (χ3v) is 3.96. The van der Waals surface area contributed by atoms with Crippen LogP contribution in [0.2, 0.25) is 0 Å². The molecule has 1 saturated carbocycles. The maximum absolute atomic E-state index is 12.0. The Kier molecular flexibility index (Phi) is 5.66. The fourth-order valence-electron chi connectivity index (χ4n) is 2.45. The summed E-state index contributed by atoms with van der Waals surface area (Å²) in [4.78, 5) is 13.6. The van der Waals surface area contributed by atoms with Gasteiger partial charge < -0.3 is 20.1 Å². The van der Waals surface area contributed by atoms with Crippen LogP contribution in [0.4, 0.5) is 4.79 Å². The number of hydrogen-bond acceptors (Lipinski definition) is 3. The first-order chi connectivity index (χ1) is 10.5. The summed E-state index contributed by atoms with van der Waals surface area (Å²) < 4.78 is 5.50. The van der Waals surface area contributed by atoms with Crippen molar-refractivity contribution >= 4 is 6.03 Å². The molecule has 0 heterocycles. The van der Waals surface area contributed by atoms with Crippen molar-refractivity contribution < 1.29 is 14.6 Å². The first-order valence-corrected chi connectivity index (χ1v) is 7.90. The van der Waals surface area contributed by atoms with Gasteiger partial charge in [-0.1, -0.05) is 12.1 Å². The molecule has 22 heavy (non-hydrogen) atoms. The van der Waals surface area contributed by atoms with Gasteiger partial charge in [-0.25, -0.2) is 4.79 Å². The maximum Gasteiger partial charge on any atom is 0.317 e. The number of ether oxygens (including phenoxy) is 1. The van der Waals surface area contributed by atoms with Gasteiger partial charge in [-0.15, -0.1) is 0 Å². The highest BCUT2D eigenvalue weighted by atomic mass is 16.5. The first kappa shape index (κ1) is 16.6. The Bertz CT molecular complexity index is 515. The number of aliphatic hydroxyl groups is 1. The number of aliphatic hydroxyl groups excluding tert-OH is 1. The van der Waals surface area contributed by atoms with E-state index in [4.69, 9.17) is 4.74 Å². The molecule has 2 rings (SSSR count). The van der Waals surface area contributed by atoms with Crippen LogP contribution in [0.1, 0.15) is 30.9 Å². The van der Waals surface area contributed by atoms with Crippen LogP contribution in [0, 0.1) is 12.8 Å². The third-order valence-electron chi connectivity index (χ3n) is 3.96. The van der Waals surface area contributed by atoms with Crippen molar-refractivity contribution in [1.29, 1.82) is 0 Å². The molecule has 0 aliphatic heterocycles. The number of rotatable bonds is 7. The lowest BCUT2D eigenvalue weighted by atomic mass is 10.1. The van der Waals surface area contributed by atoms with Crippen LogP contribution in [0.5, 0.6) is 5.75 Å². The van der Waals surface area contributed by atoms with Crippen molar-refractivity contribution in [2.75, 3.05) is 20.2 Å². The lowest BCUT2D eigenvalue weighted by Crippen LogP contribution is -2.41. The molecule has 2 amide bonds. The van der Waals surface area contributed by atoms with E-state index in [1.54, 1.807) is 11.9 Å². The molecular formula is C17H26N2O3. The molecular weight excluding hydrogens is 280 g/mol. The minimum Gasteiger partial charge on any atom is -0.494 e. The number of urea groups is 1. The molecule has 1 aromatic carbocycles. The fourth-order valence-corrected chi connectivity index (χ4v) is 2.45. The zero-order valence-electron chi connectivity index (χ0n) is 13.6. The van der Waals surface area contributed by atoms with Gasteiger partial charge in [0.2, 0.25) is 0 Å². The highest BCUT2D eigenvalue weighted by molar-refractivity contribution is 5.73. The summed E-state index contributed by atoms with van der Waals surface area (Å²) in [6.07, 6.45) is 1.74. The molecule has 1 unspecified atom stereocenters. The van der Waals surface area contributed by atoms with E-state index in [2.05, 4.69) is 5.32 Å². The molecule has 1 aromatic rings. The molecule has 5 heteroatoms. The lowest BCUT2D eigenvalue weighted by Gasteiger charge is -2.21. The monoisotopic (exact) mass is 306 g/mol. The van der Waals surface area contributed by atoms with E-state index >= 15 is 0 Å². The van der Waals surface area contributed by atoms with Crippen molar-refractivity contribution in [3.8, 4) is 5.75 Å². The van der Waals surface area contributed by atoms with Gasteiger partial charge in [0.15, 0.2) is 0 Å². The molecule has 0 saturated heterocycles. The molecule has 1 aliphatic carbocycles. The number of benzene rings is 1. The Labute approximate surface area is 132 Å². The number of likely N-dealkylation sites (N-methyl/N-ethyl adjacent to an activating group) is 1. The van der Waals surface area contributed by atoms with Crippen LogP contribution in [0.25, 0.3) is 0 Å². The predicted octanol–water partition coefficient (Wildman–Crippen LogP) is 2.31. The van der Waals surface area contributed by atoms with Crippen molar-refractivity contribution in [1.82, 2.24) is 10.2 Å². The summed E-state index contributed by atoms with van der Waals surface area (Å²) in [6, 6.07) is 5.74. The van der Waals surface area contributed by atoms with Crippen LogP contribution >= 0.6 is 0 Å². The zero-order valence-corrected chi connectivity index (χ0v) is 13.6. The van der Waals surface area contributed by atoms with Gasteiger partial charge in [0.25, 0.3) is 0 Å². The number of carbonyl (C=O) groups is 1. The second kappa shape index (κ2) is 7.49. The van der Waals surface area contributed by atoms with Gasteiger partial charge in [-0.3, -0.25) is 0 Å². The van der Waals surface area contributed by atoms with Crippen LogP contribution in [-0.2, 0) is 6.54 Å². The number of nitrogens with zero attached hydrogens (tertiary/aromatic N) is 1. The van der Waals surface area contributed by atoms with Gasteiger partial charge in [-0.05, 0) is 49.8 Å². The Morgan fingerprint density at radius 2 is 2.23 bits per heavy atom. The molecule has 1 aliphatic rings. The molecule has 2 N–H and O–H groups in total. The molecule has 5 nitrogen and oxygen atoms in total. The SMILES string of the molecule is CCOc1ccc(CNC(=O)N(C)CC(O)C2CC2)cc1C. The average Bonchev–Trinajstić information content (AvgIpc) is 3.32. The summed E-state index contributed by atoms with van der Waals surface area (Å²) in [7, 11) is 1.71. The van der Waals surface area contributed by atoms with E-state index in [-0.39, 0.29) is 6.03 Å². The van der Waals surface area contributed by atoms with Crippen LogP contribution in [0.15, 0.2) is 18.2 Å². The Morgan fingerprint density at radius 3 is 2.82 bits per heavy atom. The number of amides is 2. The number of hydrogen-bond donors (Lipinski definition) is 2. The average molecular weight is 306 g/mol. The first-order valence-electron chi connectivity index (χ1n) is 7.90. The Morgan fingerprint density at radius 1 is 1.50 bits per heavy atom. The van der Waals surface area contributed by atoms with Gasteiger partial charge in [0.05, 0.1) is 12.7 Å². The Balaban J connectivity index is 1.81. The summed E-state index contributed by atoms with van der Waals surface area (Å²) in [6.45, 7) is 5.45. The van der Waals surface area contributed by atoms with Gasteiger partial charge in [0, 0.05) is 20.1 Å². The van der Waals surface area contributed by atoms with Crippen LogP contribution in [-0.4, -0.2) is 42.3 Å². The summed E-state index contributed by atoms with van der Waals surface area (Å²) in [5, 5.41) is 12.8. The van der Waals surface area contributed by atoms with Crippen molar-refractivity contribution in [2.45, 2.75) is 39.3 Å². The van der Waals surface area contributed by atoms with E-state index in [1.165, 1.54) is 0 Å². The Hall–Kier alpha value is -1.75. The second-order valence-corrected chi connectivity index (χ2v) is 5.98. The summed E-state index contributed by atoms with van der Waals surface area (Å²) >= 11 is 0. The molecule has 0 bridgehead atoms. The normalized spacial score (nSPS) is 15.3. The van der Waals surface area contributed by atoms with E-state index in [1.807, 2.05) is 32.0 Å². The maximum atomic E-state index is 12.0. The molecule has 122 valence electrons. The van der Waals surface area contributed by atoms with E-state index in [0.717, 1.165) is 29.7 Å². The van der Waals surface area contributed by atoms with Gasteiger partial charge >= 0.3 is 6.03 Å². The fraction of sp³-hybridized carbons (Fsp3) is 0.588. The molecule has 0 radical (unpaired) electrons. The van der Waals surface area contributed by atoms with E-state index in [9.17, 15) is 9.90 Å². The number of aryl methyl sites for hydroxylation is 1. The standard InChI is InChI=1S/C17H26N2O3/c1-4-22-16-8-5-13(9-12(16)2)10-18-17(21)19(3)11-15(20)14-6-7-14/h5,8-9,14-15,20H,4,6-7,10-11H2,1-3H3,(H,18,21). The van der Waals surface area contributed by atoms with Gasteiger partial charge in [0.1, 0.15) is 5.75 Å². The second-order valence-electron chi connectivity index (χ2n) is 5.98. The van der Waals surface area contributed by atoms with Crippen LogP contribution < -0.4 is 10.1 Å². The number of carbonyl (C=O) groups excluding carboxylic acids is 1. The summed E-state index contributed by atoms with van der Waals surface area (Å²) in [5.74, 6) is 1.26. The van der Waals surface area contributed by atoms with E-state index in [0.29, 0.717) is 25.6 Å². The topological polar surface area (TPSA) is 61.8 Å². The zero-order chi connectivity index (χ0) is 16.1. The molecule has 1 atom stereocenters. The predicted molar refractivity (Wildman–Crippen MR) is 85.9 cm³/mol. The minimum absolute atomic E-state index is 0.161. The minimum atomic E-state index is -0.400. The quantitative estimate of drug-likeness (QED) is 0.812. The van der Waals surface area contributed by atoms with Crippen molar-refractivity contribution in [3.05, 3.63) is 29.3 Å². The number of nitrogens with one attached hydrogen (secondary N) is 1. The summed E-state index contributed by atoms with van der Waals surface area (Å²) in [5.41, 5.74) is 2.09. The molecule has 0 aromatic heterocycles. The van der Waals surface area contributed by atoms with Gasteiger partial charge in [-0.2, -0.15) is 0 Å².